The van der Waals surface area contributed by atoms with Crippen molar-refractivity contribution in [2.75, 3.05) is 13.1 Å². The summed E-state index contributed by atoms with van der Waals surface area (Å²) in [6.07, 6.45) is 1.63. The van der Waals surface area contributed by atoms with Crippen molar-refractivity contribution in [3.63, 3.8) is 0 Å². The molecule has 0 amide bonds. The molecule has 4 N–H and O–H groups in total. The highest BCUT2D eigenvalue weighted by Gasteiger charge is 2.46. The fraction of sp³-hybridized carbons (Fsp3) is 0.455. The first-order chi connectivity index (χ1) is 13.3. The zero-order chi connectivity index (χ0) is 19.1. The maximum atomic E-state index is 11.8. The maximum absolute atomic E-state index is 11.8. The molecule has 2 saturated heterocycles. The van der Waals surface area contributed by atoms with Crippen molar-refractivity contribution >= 4 is 0 Å². The minimum atomic E-state index is -1.22. The molecule has 2 atom stereocenters. The number of hydroxylamine groups is 1. The number of piperidine rings is 1. The summed E-state index contributed by atoms with van der Waals surface area (Å²) in [6.45, 7) is 6.02. The highest BCUT2D eigenvalue weighted by atomic mass is 16.7. The van der Waals surface area contributed by atoms with Crippen LogP contribution in [-0.4, -0.2) is 30.6 Å². The number of benzene rings is 2. The Kier molecular flexibility index (Phi) is 6.99. The molecule has 2 aromatic carbocycles. The molecule has 0 bridgehead atoms. The molecule has 0 aromatic heterocycles. The van der Waals surface area contributed by atoms with Gasteiger partial charge in [0.05, 0.1) is 0 Å². The lowest BCUT2D eigenvalue weighted by atomic mass is 9.83. The van der Waals surface area contributed by atoms with Gasteiger partial charge >= 0.3 is 0 Å². The van der Waals surface area contributed by atoms with Gasteiger partial charge in [-0.25, -0.2) is 0 Å². The summed E-state index contributed by atoms with van der Waals surface area (Å²) in [5.74, 6) is 0.439. The molecule has 4 rings (SSSR count). The van der Waals surface area contributed by atoms with Gasteiger partial charge in [0.25, 0.3) is 0 Å². The maximum Gasteiger partial charge on any atom is 0.145 e. The van der Waals surface area contributed by atoms with Crippen LogP contribution < -0.4 is 16.1 Å². The Balaban J connectivity index is 0.00000102. The summed E-state index contributed by atoms with van der Waals surface area (Å²) in [7, 11) is 0. The lowest BCUT2D eigenvalue weighted by Gasteiger charge is -2.35. The fourth-order valence-corrected chi connectivity index (χ4v) is 3.84. The van der Waals surface area contributed by atoms with Gasteiger partial charge in [-0.1, -0.05) is 74.5 Å². The first-order valence-electron chi connectivity index (χ1n) is 10.00. The van der Waals surface area contributed by atoms with Crippen LogP contribution in [0.1, 0.15) is 37.8 Å². The molecule has 2 heterocycles. The van der Waals surface area contributed by atoms with Gasteiger partial charge in [-0.2, -0.15) is 5.48 Å². The van der Waals surface area contributed by atoms with Crippen molar-refractivity contribution in [2.45, 2.75) is 44.7 Å². The van der Waals surface area contributed by atoms with Crippen LogP contribution in [0.15, 0.2) is 60.7 Å². The fourth-order valence-electron chi connectivity index (χ4n) is 3.84. The number of hydrogen-bond donors (Lipinski definition) is 4. The molecule has 0 saturated carbocycles. The first kappa shape index (κ1) is 20.0. The molecule has 0 radical (unpaired) electrons. The van der Waals surface area contributed by atoms with E-state index in [2.05, 4.69) is 16.1 Å². The van der Waals surface area contributed by atoms with Crippen molar-refractivity contribution in [1.29, 1.82) is 0 Å². The minimum absolute atomic E-state index is 0.0916. The van der Waals surface area contributed by atoms with E-state index in [1.54, 1.807) is 0 Å². The molecule has 2 unspecified atom stereocenters. The van der Waals surface area contributed by atoms with E-state index < -0.39 is 11.8 Å². The molecule has 5 nitrogen and oxygen atoms in total. The van der Waals surface area contributed by atoms with Gasteiger partial charge in [0.1, 0.15) is 18.0 Å². The van der Waals surface area contributed by atoms with Crippen molar-refractivity contribution in [3.8, 4) is 0 Å². The van der Waals surface area contributed by atoms with Crippen LogP contribution >= 0.6 is 0 Å². The molecule has 2 aromatic rings. The second kappa shape index (κ2) is 9.44. The molecular weight excluding hydrogens is 338 g/mol. The molecule has 2 aliphatic rings. The molecule has 5 heteroatoms. The first-order valence-corrected chi connectivity index (χ1v) is 10.00. The van der Waals surface area contributed by atoms with Crippen molar-refractivity contribution in [2.24, 2.45) is 5.92 Å². The summed E-state index contributed by atoms with van der Waals surface area (Å²) < 4.78 is 0. The third kappa shape index (κ3) is 4.23. The standard InChI is InChI=1S/C20H25N3O2.C2H6/c24-20(16-7-3-1-4-8-16,17-9-5-2-6-10-17)19-22-18(25-23-19)15-11-13-21-14-12-15;1-2/h1-10,15,18-19,21-24H,11-14H2;1-2H3. The van der Waals surface area contributed by atoms with Crippen LogP contribution in [-0.2, 0) is 10.4 Å². The molecule has 27 heavy (non-hydrogen) atoms. The largest absolute Gasteiger partial charge is 0.377 e. The van der Waals surface area contributed by atoms with Crippen LogP contribution in [0.5, 0.6) is 0 Å². The van der Waals surface area contributed by atoms with E-state index in [9.17, 15) is 5.11 Å². The van der Waals surface area contributed by atoms with Crippen molar-refractivity contribution in [1.82, 2.24) is 16.1 Å². The Labute approximate surface area is 162 Å². The van der Waals surface area contributed by atoms with E-state index in [0.717, 1.165) is 37.1 Å². The van der Waals surface area contributed by atoms with E-state index in [-0.39, 0.29) is 6.23 Å². The zero-order valence-corrected chi connectivity index (χ0v) is 16.2. The molecule has 0 aliphatic carbocycles. The summed E-state index contributed by atoms with van der Waals surface area (Å²) in [6, 6.07) is 19.5. The van der Waals surface area contributed by atoms with E-state index >= 15 is 0 Å². The van der Waals surface area contributed by atoms with Gasteiger partial charge < -0.3 is 10.4 Å². The third-order valence-electron chi connectivity index (χ3n) is 5.30. The van der Waals surface area contributed by atoms with E-state index in [4.69, 9.17) is 4.84 Å². The van der Waals surface area contributed by atoms with Crippen LogP contribution in [0.2, 0.25) is 0 Å². The monoisotopic (exact) mass is 369 g/mol. The topological polar surface area (TPSA) is 65.5 Å². The Morgan fingerprint density at radius 1 is 0.889 bits per heavy atom. The smallest absolute Gasteiger partial charge is 0.145 e. The summed E-state index contributed by atoms with van der Waals surface area (Å²) in [5.41, 5.74) is 3.51. The van der Waals surface area contributed by atoms with Crippen LogP contribution in [0, 0.1) is 5.92 Å². The molecule has 2 aliphatic heterocycles. The van der Waals surface area contributed by atoms with Gasteiger partial charge in [0.2, 0.25) is 0 Å². The van der Waals surface area contributed by atoms with Gasteiger partial charge in [-0.05, 0) is 37.1 Å². The van der Waals surface area contributed by atoms with E-state index in [1.807, 2.05) is 74.5 Å². The van der Waals surface area contributed by atoms with Crippen LogP contribution in [0.4, 0.5) is 0 Å². The van der Waals surface area contributed by atoms with E-state index in [1.165, 1.54) is 0 Å². The van der Waals surface area contributed by atoms with Gasteiger partial charge in [-0.15, -0.1) is 0 Å². The normalized spacial score (nSPS) is 23.5. The molecular formula is C22H31N3O2. The van der Waals surface area contributed by atoms with Gasteiger partial charge in [0.15, 0.2) is 0 Å². The molecule has 0 spiro atoms. The van der Waals surface area contributed by atoms with E-state index in [0.29, 0.717) is 5.92 Å². The Bertz CT molecular complexity index is 635. The minimum Gasteiger partial charge on any atom is -0.377 e. The lowest BCUT2D eigenvalue weighted by molar-refractivity contribution is -0.0371. The Morgan fingerprint density at radius 2 is 1.41 bits per heavy atom. The summed E-state index contributed by atoms with van der Waals surface area (Å²) >= 11 is 0. The average Bonchev–Trinajstić information content (AvgIpc) is 3.27. The highest BCUT2D eigenvalue weighted by Crippen LogP contribution is 2.34. The van der Waals surface area contributed by atoms with Gasteiger partial charge in [0, 0.05) is 5.92 Å². The Morgan fingerprint density at radius 3 is 1.93 bits per heavy atom. The predicted octanol–water partition coefficient (Wildman–Crippen LogP) is 2.72. The average molecular weight is 370 g/mol. The van der Waals surface area contributed by atoms with Gasteiger partial charge in [-0.3, -0.25) is 10.2 Å². The number of nitrogens with one attached hydrogen (secondary N) is 3. The lowest BCUT2D eigenvalue weighted by Crippen LogP contribution is -2.53. The van der Waals surface area contributed by atoms with Crippen LogP contribution in [0.3, 0.4) is 0 Å². The number of aliphatic hydroxyl groups is 1. The van der Waals surface area contributed by atoms with Crippen molar-refractivity contribution < 1.29 is 9.94 Å². The number of hydrogen-bond acceptors (Lipinski definition) is 5. The highest BCUT2D eigenvalue weighted by molar-refractivity contribution is 5.38. The Hall–Kier alpha value is -1.76. The van der Waals surface area contributed by atoms with Crippen molar-refractivity contribution in [3.05, 3.63) is 71.8 Å². The predicted molar refractivity (Wildman–Crippen MR) is 108 cm³/mol. The second-order valence-electron chi connectivity index (χ2n) is 6.84. The molecule has 146 valence electrons. The summed E-state index contributed by atoms with van der Waals surface area (Å²) in [4.78, 5) is 5.85. The summed E-state index contributed by atoms with van der Waals surface area (Å²) in [5, 5.41) is 18.6. The zero-order valence-electron chi connectivity index (χ0n) is 16.2. The molecule has 2 fully saturated rings. The van der Waals surface area contributed by atoms with Crippen LogP contribution in [0.25, 0.3) is 0 Å². The third-order valence-corrected chi connectivity index (χ3v) is 5.30. The quantitative estimate of drug-likeness (QED) is 0.667. The second-order valence-corrected chi connectivity index (χ2v) is 6.84. The number of rotatable bonds is 4. The SMILES string of the molecule is CC.OC(c1ccccc1)(c1ccccc1)C1NOC(C2CCNCC2)N1.